The number of hydrogen-bond donors (Lipinski definition) is 1. The zero-order valence-corrected chi connectivity index (χ0v) is 14.1. The lowest BCUT2D eigenvalue weighted by atomic mass is 10.2. The van der Waals surface area contributed by atoms with Crippen LogP contribution in [0.2, 0.25) is 0 Å². The number of nitrogens with one attached hydrogen (secondary N) is 1. The van der Waals surface area contributed by atoms with Crippen molar-refractivity contribution in [2.24, 2.45) is 7.05 Å². The summed E-state index contributed by atoms with van der Waals surface area (Å²) < 4.78 is 30.8. The monoisotopic (exact) mass is 335 g/mol. The van der Waals surface area contributed by atoms with Crippen LogP contribution in [-0.2, 0) is 23.4 Å². The van der Waals surface area contributed by atoms with E-state index in [1.54, 1.807) is 4.68 Å². The summed E-state index contributed by atoms with van der Waals surface area (Å²) in [6.45, 7) is 2.47. The van der Waals surface area contributed by atoms with E-state index in [1.165, 1.54) is 0 Å². The van der Waals surface area contributed by atoms with Gasteiger partial charge in [0, 0.05) is 19.6 Å². The number of aryl methyl sites for hydroxylation is 2. The predicted octanol–water partition coefficient (Wildman–Crippen LogP) is 1.80. The van der Waals surface area contributed by atoms with Crippen molar-refractivity contribution >= 4 is 9.84 Å². The molecule has 1 N–H and O–H groups in total. The second kappa shape index (κ2) is 6.33. The summed E-state index contributed by atoms with van der Waals surface area (Å²) in [5.74, 6) is 1.91. The summed E-state index contributed by atoms with van der Waals surface area (Å²) >= 11 is 0. The highest BCUT2D eigenvalue weighted by Crippen LogP contribution is 2.27. The molecular weight excluding hydrogens is 314 g/mol. The summed E-state index contributed by atoms with van der Waals surface area (Å²) in [7, 11) is -1.04. The molecule has 1 saturated heterocycles. The molecule has 1 fully saturated rings. The third-order valence-electron chi connectivity index (χ3n) is 4.05. The van der Waals surface area contributed by atoms with E-state index in [9.17, 15) is 8.42 Å². The quantitative estimate of drug-likeness (QED) is 0.902. The third kappa shape index (κ3) is 3.73. The molecule has 0 bridgehead atoms. The Kier molecular flexibility index (Phi) is 4.41. The fourth-order valence-corrected chi connectivity index (χ4v) is 4.52. The third-order valence-corrected chi connectivity index (χ3v) is 5.81. The van der Waals surface area contributed by atoms with Crippen LogP contribution in [0.5, 0.6) is 11.6 Å². The Morgan fingerprint density at radius 2 is 2.09 bits per heavy atom. The Balaban J connectivity index is 1.74. The van der Waals surface area contributed by atoms with E-state index in [1.807, 2.05) is 44.3 Å². The minimum Gasteiger partial charge on any atom is -0.439 e. The van der Waals surface area contributed by atoms with Gasteiger partial charge in [0.15, 0.2) is 9.84 Å². The van der Waals surface area contributed by atoms with Crippen LogP contribution in [0, 0.1) is 6.92 Å². The summed E-state index contributed by atoms with van der Waals surface area (Å²) in [6.07, 6.45) is 0.663. The molecule has 1 aromatic heterocycles. The Morgan fingerprint density at radius 3 is 2.74 bits per heavy atom. The number of benzene rings is 1. The first-order valence-electron chi connectivity index (χ1n) is 7.64. The maximum absolute atomic E-state index is 11.6. The summed E-state index contributed by atoms with van der Waals surface area (Å²) in [5, 5.41) is 7.74. The van der Waals surface area contributed by atoms with Crippen LogP contribution < -0.4 is 10.1 Å². The smallest absolute Gasteiger partial charge is 0.222 e. The number of hydrogen-bond acceptors (Lipinski definition) is 5. The topological polar surface area (TPSA) is 73.2 Å². The van der Waals surface area contributed by atoms with Gasteiger partial charge in [-0.05, 0) is 25.5 Å². The van der Waals surface area contributed by atoms with Crippen LogP contribution >= 0.6 is 0 Å². The van der Waals surface area contributed by atoms with Crippen molar-refractivity contribution in [1.82, 2.24) is 15.1 Å². The van der Waals surface area contributed by atoms with Gasteiger partial charge in [0.1, 0.15) is 5.75 Å². The van der Waals surface area contributed by atoms with Crippen LogP contribution in [0.15, 0.2) is 30.3 Å². The molecule has 0 spiro atoms. The molecule has 3 rings (SSSR count). The van der Waals surface area contributed by atoms with Gasteiger partial charge in [-0.1, -0.05) is 18.2 Å². The molecule has 0 amide bonds. The highest BCUT2D eigenvalue weighted by molar-refractivity contribution is 7.91. The van der Waals surface area contributed by atoms with E-state index in [0.29, 0.717) is 18.8 Å². The maximum Gasteiger partial charge on any atom is 0.222 e. The van der Waals surface area contributed by atoms with Gasteiger partial charge in [0.25, 0.3) is 0 Å². The van der Waals surface area contributed by atoms with Crippen LogP contribution in [0.25, 0.3) is 0 Å². The van der Waals surface area contributed by atoms with Gasteiger partial charge < -0.3 is 10.1 Å². The molecule has 0 radical (unpaired) electrons. The molecule has 124 valence electrons. The van der Waals surface area contributed by atoms with Crippen LogP contribution in [0.1, 0.15) is 17.7 Å². The van der Waals surface area contributed by atoms with Crippen LogP contribution in [-0.4, -0.2) is 35.7 Å². The van der Waals surface area contributed by atoms with E-state index in [4.69, 9.17) is 4.74 Å². The van der Waals surface area contributed by atoms with Crippen LogP contribution in [0.3, 0.4) is 0 Å². The molecule has 0 unspecified atom stereocenters. The van der Waals surface area contributed by atoms with E-state index in [-0.39, 0.29) is 17.5 Å². The lowest BCUT2D eigenvalue weighted by molar-refractivity contribution is 0.421. The zero-order valence-electron chi connectivity index (χ0n) is 13.3. The molecule has 2 aromatic rings. The average Bonchev–Trinajstić information content (AvgIpc) is 2.98. The van der Waals surface area contributed by atoms with Crippen molar-refractivity contribution in [3.63, 3.8) is 0 Å². The van der Waals surface area contributed by atoms with E-state index < -0.39 is 9.84 Å². The van der Waals surface area contributed by atoms with Gasteiger partial charge in [-0.2, -0.15) is 5.10 Å². The Labute approximate surface area is 136 Å². The number of aromatic nitrogens is 2. The lowest BCUT2D eigenvalue weighted by Gasteiger charge is -2.12. The molecular formula is C16H21N3O3S. The van der Waals surface area contributed by atoms with Crippen molar-refractivity contribution < 1.29 is 13.2 Å². The highest BCUT2D eigenvalue weighted by Gasteiger charge is 2.28. The SMILES string of the molecule is Cc1nn(C)c(Oc2ccccc2)c1CN[C@@H]1CCS(=O)(=O)C1. The minimum absolute atomic E-state index is 0.00387. The summed E-state index contributed by atoms with van der Waals surface area (Å²) in [5.41, 5.74) is 1.84. The molecule has 1 aliphatic heterocycles. The molecule has 23 heavy (non-hydrogen) atoms. The average molecular weight is 335 g/mol. The largest absolute Gasteiger partial charge is 0.439 e. The zero-order chi connectivity index (χ0) is 16.4. The van der Waals surface area contributed by atoms with Crippen molar-refractivity contribution in [3.05, 3.63) is 41.6 Å². The molecule has 1 aliphatic rings. The number of sulfone groups is 1. The maximum atomic E-state index is 11.6. The van der Waals surface area contributed by atoms with E-state index in [0.717, 1.165) is 17.0 Å². The van der Waals surface area contributed by atoms with Crippen molar-refractivity contribution in [2.75, 3.05) is 11.5 Å². The molecule has 0 saturated carbocycles. The van der Waals surface area contributed by atoms with Gasteiger partial charge in [-0.3, -0.25) is 0 Å². The first-order valence-corrected chi connectivity index (χ1v) is 9.46. The predicted molar refractivity (Wildman–Crippen MR) is 88.4 cm³/mol. The van der Waals surface area contributed by atoms with Crippen molar-refractivity contribution in [3.8, 4) is 11.6 Å². The van der Waals surface area contributed by atoms with Gasteiger partial charge in [0.2, 0.25) is 5.88 Å². The van der Waals surface area contributed by atoms with E-state index >= 15 is 0 Å². The molecule has 0 aliphatic carbocycles. The number of ether oxygens (including phenoxy) is 1. The Morgan fingerprint density at radius 1 is 1.35 bits per heavy atom. The van der Waals surface area contributed by atoms with Gasteiger partial charge >= 0.3 is 0 Å². The van der Waals surface area contributed by atoms with Gasteiger partial charge in [-0.25, -0.2) is 13.1 Å². The van der Waals surface area contributed by atoms with E-state index in [2.05, 4.69) is 10.4 Å². The Bertz CT molecular complexity index is 784. The number of rotatable bonds is 5. The minimum atomic E-state index is -2.88. The number of para-hydroxylation sites is 1. The normalized spacial score (nSPS) is 19.8. The highest BCUT2D eigenvalue weighted by atomic mass is 32.2. The van der Waals surface area contributed by atoms with Crippen molar-refractivity contribution in [2.45, 2.75) is 25.9 Å². The molecule has 2 heterocycles. The summed E-state index contributed by atoms with van der Waals surface area (Å²) in [6, 6.07) is 9.56. The molecule has 1 aromatic carbocycles. The van der Waals surface area contributed by atoms with Crippen LogP contribution in [0.4, 0.5) is 0 Å². The molecule has 7 heteroatoms. The van der Waals surface area contributed by atoms with Gasteiger partial charge in [0.05, 0.1) is 22.8 Å². The first-order chi connectivity index (χ1) is 10.9. The fraction of sp³-hybridized carbons (Fsp3) is 0.438. The lowest BCUT2D eigenvalue weighted by Crippen LogP contribution is -2.29. The molecule has 6 nitrogen and oxygen atoms in total. The number of nitrogens with zero attached hydrogens (tertiary/aromatic N) is 2. The second-order valence-corrected chi connectivity index (χ2v) is 8.12. The van der Waals surface area contributed by atoms with Crippen molar-refractivity contribution in [1.29, 1.82) is 0 Å². The fourth-order valence-electron chi connectivity index (χ4n) is 2.81. The Hall–Kier alpha value is -1.86. The first kappa shape index (κ1) is 16.0. The van der Waals surface area contributed by atoms with Gasteiger partial charge in [-0.15, -0.1) is 0 Å². The second-order valence-electron chi connectivity index (χ2n) is 5.89. The standard InChI is InChI=1S/C16H21N3O3S/c1-12-15(10-17-13-8-9-23(20,21)11-13)16(19(2)18-12)22-14-6-4-3-5-7-14/h3-7,13,17H,8-11H2,1-2H3/t13-/m1/s1. The summed E-state index contributed by atoms with van der Waals surface area (Å²) in [4.78, 5) is 0. The molecule has 1 atom stereocenters.